The van der Waals surface area contributed by atoms with Gasteiger partial charge in [0.25, 0.3) is 0 Å². The number of halogens is 1. The summed E-state index contributed by atoms with van der Waals surface area (Å²) in [6.07, 6.45) is 1.98. The van der Waals surface area contributed by atoms with E-state index in [0.717, 1.165) is 17.3 Å². The normalized spacial score (nSPS) is 19.6. The quantitative estimate of drug-likeness (QED) is 0.752. The van der Waals surface area contributed by atoms with Crippen molar-refractivity contribution in [2.24, 2.45) is 5.73 Å². The average molecular weight is 237 g/mol. The molecule has 1 atom stereocenters. The predicted octanol–water partition coefficient (Wildman–Crippen LogP) is 2.27. The van der Waals surface area contributed by atoms with Gasteiger partial charge in [-0.1, -0.05) is 15.9 Å². The smallest absolute Gasteiger partial charge is 0.0992 e. The molecule has 0 saturated carbocycles. The number of nitriles is 1. The molecule has 66 valence electrons. The lowest BCUT2D eigenvalue weighted by Crippen LogP contribution is -2.06. The van der Waals surface area contributed by atoms with Gasteiger partial charge in [0.05, 0.1) is 11.6 Å². The predicted molar refractivity (Wildman–Crippen MR) is 54.1 cm³/mol. The van der Waals surface area contributed by atoms with Crippen molar-refractivity contribution in [1.82, 2.24) is 0 Å². The van der Waals surface area contributed by atoms with Crippen LogP contribution < -0.4 is 5.73 Å². The number of nitrogens with two attached hydrogens (primary N) is 1. The van der Waals surface area contributed by atoms with Gasteiger partial charge in [0.1, 0.15) is 0 Å². The van der Waals surface area contributed by atoms with E-state index in [-0.39, 0.29) is 6.04 Å². The molecule has 2 nitrogen and oxygen atoms in total. The van der Waals surface area contributed by atoms with Crippen LogP contribution in [0.3, 0.4) is 0 Å². The van der Waals surface area contributed by atoms with E-state index < -0.39 is 0 Å². The molecule has 0 radical (unpaired) electrons. The first-order valence-electron chi connectivity index (χ1n) is 4.20. The first-order valence-corrected chi connectivity index (χ1v) is 4.99. The SMILES string of the molecule is N#Cc1cc(Br)c2c(c1)CC[C@H]2N. The number of aryl methyl sites for hydroxylation is 1. The lowest BCUT2D eigenvalue weighted by atomic mass is 10.1. The zero-order chi connectivity index (χ0) is 9.42. The van der Waals surface area contributed by atoms with Crippen molar-refractivity contribution in [2.45, 2.75) is 18.9 Å². The second-order valence-electron chi connectivity index (χ2n) is 3.29. The van der Waals surface area contributed by atoms with E-state index in [9.17, 15) is 0 Å². The van der Waals surface area contributed by atoms with Crippen LogP contribution in [0.2, 0.25) is 0 Å². The molecule has 0 fully saturated rings. The van der Waals surface area contributed by atoms with E-state index >= 15 is 0 Å². The second-order valence-corrected chi connectivity index (χ2v) is 4.14. The third kappa shape index (κ3) is 1.37. The number of nitrogens with zero attached hydrogens (tertiary/aromatic N) is 1. The molecule has 2 rings (SSSR count). The van der Waals surface area contributed by atoms with Gasteiger partial charge in [0.2, 0.25) is 0 Å². The highest BCUT2D eigenvalue weighted by atomic mass is 79.9. The first kappa shape index (κ1) is 8.74. The van der Waals surface area contributed by atoms with E-state index in [1.54, 1.807) is 0 Å². The Kier molecular flexibility index (Phi) is 2.10. The molecule has 0 amide bonds. The zero-order valence-corrected chi connectivity index (χ0v) is 8.63. The van der Waals surface area contributed by atoms with E-state index in [2.05, 4.69) is 22.0 Å². The van der Waals surface area contributed by atoms with Gasteiger partial charge >= 0.3 is 0 Å². The van der Waals surface area contributed by atoms with E-state index in [0.29, 0.717) is 5.56 Å². The Hall–Kier alpha value is -0.850. The molecule has 1 aliphatic carbocycles. The Balaban J connectivity index is 2.61. The molecule has 0 aliphatic heterocycles. The van der Waals surface area contributed by atoms with Crippen molar-refractivity contribution < 1.29 is 0 Å². The molecule has 1 aromatic carbocycles. The minimum absolute atomic E-state index is 0.136. The van der Waals surface area contributed by atoms with Crippen LogP contribution in [0.4, 0.5) is 0 Å². The third-order valence-corrected chi connectivity index (χ3v) is 3.10. The fourth-order valence-corrected chi connectivity index (χ4v) is 2.61. The van der Waals surface area contributed by atoms with Crippen molar-refractivity contribution in [2.75, 3.05) is 0 Å². The number of hydrogen-bond acceptors (Lipinski definition) is 2. The Labute approximate surface area is 85.5 Å². The summed E-state index contributed by atoms with van der Waals surface area (Å²) in [5, 5.41) is 8.76. The molecule has 0 spiro atoms. The van der Waals surface area contributed by atoms with Gasteiger partial charge in [0, 0.05) is 10.5 Å². The first-order chi connectivity index (χ1) is 6.22. The van der Waals surface area contributed by atoms with Crippen molar-refractivity contribution in [1.29, 1.82) is 5.26 Å². The summed E-state index contributed by atoms with van der Waals surface area (Å²) in [6.45, 7) is 0. The van der Waals surface area contributed by atoms with Gasteiger partial charge in [0.15, 0.2) is 0 Å². The van der Waals surface area contributed by atoms with E-state index in [1.165, 1.54) is 11.1 Å². The molecule has 3 heteroatoms. The summed E-state index contributed by atoms with van der Waals surface area (Å²) in [5.41, 5.74) is 9.03. The molecule has 0 saturated heterocycles. The van der Waals surface area contributed by atoms with Crippen LogP contribution in [-0.4, -0.2) is 0 Å². The molecule has 1 aromatic rings. The highest BCUT2D eigenvalue weighted by molar-refractivity contribution is 9.10. The Bertz CT molecular complexity index is 393. The van der Waals surface area contributed by atoms with Crippen molar-refractivity contribution in [3.05, 3.63) is 33.3 Å². The van der Waals surface area contributed by atoms with Gasteiger partial charge in [-0.25, -0.2) is 0 Å². The minimum Gasteiger partial charge on any atom is -0.324 e. The summed E-state index contributed by atoms with van der Waals surface area (Å²) in [6, 6.07) is 6.05. The maximum atomic E-state index is 8.76. The monoisotopic (exact) mass is 236 g/mol. The maximum absolute atomic E-state index is 8.76. The summed E-state index contributed by atoms with van der Waals surface area (Å²) >= 11 is 3.45. The molecule has 0 bridgehead atoms. The van der Waals surface area contributed by atoms with Gasteiger partial charge in [-0.05, 0) is 36.1 Å². The van der Waals surface area contributed by atoms with Gasteiger partial charge in [-0.15, -0.1) is 0 Å². The summed E-state index contributed by atoms with van der Waals surface area (Å²) in [5.74, 6) is 0. The number of benzene rings is 1. The molecule has 13 heavy (non-hydrogen) atoms. The van der Waals surface area contributed by atoms with Crippen LogP contribution in [0.25, 0.3) is 0 Å². The van der Waals surface area contributed by atoms with Crippen LogP contribution >= 0.6 is 15.9 Å². The summed E-state index contributed by atoms with van der Waals surface area (Å²) in [4.78, 5) is 0. The van der Waals surface area contributed by atoms with Gasteiger partial charge < -0.3 is 5.73 Å². The van der Waals surface area contributed by atoms with Crippen LogP contribution in [0.15, 0.2) is 16.6 Å². The highest BCUT2D eigenvalue weighted by Crippen LogP contribution is 2.35. The number of fused-ring (bicyclic) bond motifs is 1. The van der Waals surface area contributed by atoms with E-state index in [1.807, 2.05) is 12.1 Å². The van der Waals surface area contributed by atoms with Crippen molar-refractivity contribution in [3.63, 3.8) is 0 Å². The second kappa shape index (κ2) is 3.13. The fourth-order valence-electron chi connectivity index (χ4n) is 1.82. The lowest BCUT2D eigenvalue weighted by Gasteiger charge is -2.07. The summed E-state index contributed by atoms with van der Waals surface area (Å²) in [7, 11) is 0. The molecule has 2 N–H and O–H groups in total. The molecule has 0 heterocycles. The van der Waals surface area contributed by atoms with Crippen LogP contribution in [-0.2, 0) is 6.42 Å². The highest BCUT2D eigenvalue weighted by Gasteiger charge is 2.22. The zero-order valence-electron chi connectivity index (χ0n) is 7.05. The fraction of sp³-hybridized carbons (Fsp3) is 0.300. The number of rotatable bonds is 0. The molecule has 0 unspecified atom stereocenters. The molecular weight excluding hydrogens is 228 g/mol. The number of hydrogen-bond donors (Lipinski definition) is 1. The van der Waals surface area contributed by atoms with E-state index in [4.69, 9.17) is 11.0 Å². The lowest BCUT2D eigenvalue weighted by molar-refractivity contribution is 0.711. The molecule has 1 aliphatic rings. The third-order valence-electron chi connectivity index (χ3n) is 2.44. The molecular formula is C10H9BrN2. The van der Waals surface area contributed by atoms with Gasteiger partial charge in [-0.3, -0.25) is 0 Å². The van der Waals surface area contributed by atoms with Crippen LogP contribution in [0.1, 0.15) is 29.2 Å². The Morgan fingerprint density at radius 2 is 2.31 bits per heavy atom. The average Bonchev–Trinajstić information content (AvgIpc) is 2.48. The van der Waals surface area contributed by atoms with Crippen LogP contribution in [0, 0.1) is 11.3 Å². The standard InChI is InChI=1S/C10H9BrN2/c11-8-4-6(5-12)3-7-1-2-9(13)10(7)8/h3-4,9H,1-2,13H2/t9-/m1/s1. The van der Waals surface area contributed by atoms with Crippen molar-refractivity contribution in [3.8, 4) is 6.07 Å². The Morgan fingerprint density at radius 3 is 3.00 bits per heavy atom. The Morgan fingerprint density at radius 1 is 1.54 bits per heavy atom. The van der Waals surface area contributed by atoms with Crippen molar-refractivity contribution >= 4 is 15.9 Å². The topological polar surface area (TPSA) is 49.8 Å². The minimum atomic E-state index is 0.136. The summed E-state index contributed by atoms with van der Waals surface area (Å²) < 4.78 is 0.978. The van der Waals surface area contributed by atoms with Gasteiger partial charge in [-0.2, -0.15) is 5.26 Å². The van der Waals surface area contributed by atoms with Crippen LogP contribution in [0.5, 0.6) is 0 Å². The largest absolute Gasteiger partial charge is 0.324 e. The molecule has 0 aromatic heterocycles. The maximum Gasteiger partial charge on any atom is 0.0992 e.